The minimum Gasteiger partial charge on any atom is -0.495 e. The maximum atomic E-state index is 11.7. The van der Waals surface area contributed by atoms with E-state index in [2.05, 4.69) is 5.32 Å². The topological polar surface area (TPSA) is 56.8 Å². The zero-order valence-corrected chi connectivity index (χ0v) is 11.5. The van der Waals surface area contributed by atoms with Gasteiger partial charge in [-0.25, -0.2) is 0 Å². The lowest BCUT2D eigenvalue weighted by Crippen LogP contribution is -2.26. The van der Waals surface area contributed by atoms with Crippen LogP contribution in [0.25, 0.3) is 0 Å². The zero-order valence-electron chi connectivity index (χ0n) is 10.7. The van der Waals surface area contributed by atoms with Crippen molar-refractivity contribution in [3.05, 3.63) is 17.2 Å². The first kappa shape index (κ1) is 14.6. The van der Waals surface area contributed by atoms with Gasteiger partial charge in [-0.05, 0) is 6.92 Å². The van der Waals surface area contributed by atoms with E-state index in [0.29, 0.717) is 22.2 Å². The van der Waals surface area contributed by atoms with Crippen LogP contribution in [0.2, 0.25) is 5.02 Å². The second-order valence-electron chi connectivity index (χ2n) is 3.55. The maximum absolute atomic E-state index is 11.7. The first-order valence-corrected chi connectivity index (χ1v) is 5.66. The van der Waals surface area contributed by atoms with Gasteiger partial charge in [0.25, 0.3) is 5.91 Å². The number of hydrogen-bond donors (Lipinski definition) is 1. The van der Waals surface area contributed by atoms with Crippen LogP contribution in [0, 0.1) is 0 Å². The summed E-state index contributed by atoms with van der Waals surface area (Å²) in [6, 6.07) is 3.18. The summed E-state index contributed by atoms with van der Waals surface area (Å²) in [5.41, 5.74) is 0.479. The van der Waals surface area contributed by atoms with Crippen LogP contribution < -0.4 is 14.8 Å². The molecular formula is C12H16ClNO4. The van der Waals surface area contributed by atoms with Gasteiger partial charge in [-0.2, -0.15) is 0 Å². The first-order chi connectivity index (χ1) is 8.53. The predicted octanol–water partition coefficient (Wildman–Crippen LogP) is 2.33. The number of ether oxygens (including phenoxy) is 3. The van der Waals surface area contributed by atoms with E-state index in [4.69, 9.17) is 25.8 Å². The predicted molar refractivity (Wildman–Crippen MR) is 69.7 cm³/mol. The average molecular weight is 274 g/mol. The first-order valence-electron chi connectivity index (χ1n) is 5.28. The third-order valence-electron chi connectivity index (χ3n) is 2.45. The molecule has 5 nitrogen and oxygen atoms in total. The summed E-state index contributed by atoms with van der Waals surface area (Å²) in [4.78, 5) is 11.7. The Kier molecular flexibility index (Phi) is 5.25. The third-order valence-corrected chi connectivity index (χ3v) is 2.75. The van der Waals surface area contributed by atoms with Crippen LogP contribution in [0.15, 0.2) is 12.1 Å². The molecular weight excluding hydrogens is 258 g/mol. The maximum Gasteiger partial charge on any atom is 0.253 e. The highest BCUT2D eigenvalue weighted by molar-refractivity contribution is 6.32. The molecule has 0 fully saturated rings. The lowest BCUT2D eigenvalue weighted by Gasteiger charge is -2.15. The van der Waals surface area contributed by atoms with Crippen molar-refractivity contribution in [3.8, 4) is 11.5 Å². The van der Waals surface area contributed by atoms with Gasteiger partial charge in [-0.1, -0.05) is 11.6 Å². The molecule has 0 aliphatic carbocycles. The fourth-order valence-corrected chi connectivity index (χ4v) is 1.53. The highest BCUT2D eigenvalue weighted by atomic mass is 35.5. The Morgan fingerprint density at radius 2 is 1.83 bits per heavy atom. The van der Waals surface area contributed by atoms with Crippen LogP contribution in [0.1, 0.15) is 6.92 Å². The standard InChI is InChI=1S/C12H16ClNO4/c1-7(16-2)12(15)14-9-6-10(17-3)8(13)5-11(9)18-4/h5-7H,1-4H3,(H,14,15). The Labute approximate surface area is 111 Å². The second kappa shape index (κ2) is 6.47. The number of hydrogen-bond acceptors (Lipinski definition) is 4. The number of amides is 1. The molecule has 1 aromatic carbocycles. The van der Waals surface area contributed by atoms with Gasteiger partial charge in [-0.15, -0.1) is 0 Å². The molecule has 0 heterocycles. The van der Waals surface area contributed by atoms with Crippen LogP contribution in [0.3, 0.4) is 0 Å². The molecule has 1 atom stereocenters. The highest BCUT2D eigenvalue weighted by Crippen LogP contribution is 2.35. The van der Waals surface area contributed by atoms with E-state index in [-0.39, 0.29) is 5.91 Å². The molecule has 1 aromatic rings. The molecule has 0 aliphatic rings. The highest BCUT2D eigenvalue weighted by Gasteiger charge is 2.16. The minimum atomic E-state index is -0.559. The Bertz CT molecular complexity index is 436. The Morgan fingerprint density at radius 3 is 2.33 bits per heavy atom. The molecule has 0 spiro atoms. The van der Waals surface area contributed by atoms with E-state index in [9.17, 15) is 4.79 Å². The van der Waals surface area contributed by atoms with Crippen molar-refractivity contribution in [1.82, 2.24) is 0 Å². The largest absolute Gasteiger partial charge is 0.495 e. The Morgan fingerprint density at radius 1 is 1.22 bits per heavy atom. The van der Waals surface area contributed by atoms with Crippen molar-refractivity contribution in [3.63, 3.8) is 0 Å². The zero-order chi connectivity index (χ0) is 13.7. The Balaban J connectivity index is 3.03. The van der Waals surface area contributed by atoms with Gasteiger partial charge in [-0.3, -0.25) is 4.79 Å². The molecule has 0 saturated heterocycles. The van der Waals surface area contributed by atoms with Gasteiger partial charge in [0.2, 0.25) is 0 Å². The molecule has 0 bridgehead atoms. The summed E-state index contributed by atoms with van der Waals surface area (Å²) in [5, 5.41) is 3.10. The van der Waals surface area contributed by atoms with Gasteiger partial charge in [0.15, 0.2) is 0 Å². The SMILES string of the molecule is COc1cc(NC(=O)C(C)OC)c(OC)cc1Cl. The second-order valence-corrected chi connectivity index (χ2v) is 3.96. The van der Waals surface area contributed by atoms with Crippen LogP contribution >= 0.6 is 11.6 Å². The molecule has 0 radical (unpaired) electrons. The molecule has 0 aromatic heterocycles. The normalized spacial score (nSPS) is 11.8. The summed E-state index contributed by atoms with van der Waals surface area (Å²) in [6.45, 7) is 1.65. The average Bonchev–Trinajstić information content (AvgIpc) is 2.38. The van der Waals surface area contributed by atoms with Gasteiger partial charge >= 0.3 is 0 Å². The third kappa shape index (κ3) is 3.27. The fraction of sp³-hybridized carbons (Fsp3) is 0.417. The molecule has 100 valence electrons. The Hall–Kier alpha value is -1.46. The van der Waals surface area contributed by atoms with Crippen molar-refractivity contribution >= 4 is 23.2 Å². The molecule has 18 heavy (non-hydrogen) atoms. The summed E-state index contributed by atoms with van der Waals surface area (Å²) in [7, 11) is 4.45. The molecule has 1 N–H and O–H groups in total. The summed E-state index contributed by atoms with van der Waals surface area (Å²) < 4.78 is 15.2. The van der Waals surface area contributed by atoms with Crippen LogP contribution in [-0.4, -0.2) is 33.3 Å². The van der Waals surface area contributed by atoms with Crippen molar-refractivity contribution in [2.45, 2.75) is 13.0 Å². The lowest BCUT2D eigenvalue weighted by molar-refractivity contribution is -0.124. The van der Waals surface area contributed by atoms with E-state index in [1.165, 1.54) is 21.3 Å². The van der Waals surface area contributed by atoms with E-state index in [1.807, 2.05) is 0 Å². The van der Waals surface area contributed by atoms with Crippen LogP contribution in [-0.2, 0) is 9.53 Å². The van der Waals surface area contributed by atoms with E-state index < -0.39 is 6.10 Å². The number of benzene rings is 1. The molecule has 1 unspecified atom stereocenters. The van der Waals surface area contributed by atoms with Crippen molar-refractivity contribution < 1.29 is 19.0 Å². The minimum absolute atomic E-state index is 0.278. The molecule has 1 amide bonds. The van der Waals surface area contributed by atoms with Crippen LogP contribution in [0.5, 0.6) is 11.5 Å². The monoisotopic (exact) mass is 273 g/mol. The molecule has 0 aliphatic heterocycles. The summed E-state index contributed by atoms with van der Waals surface area (Å²) in [6.07, 6.45) is -0.559. The number of rotatable bonds is 5. The van der Waals surface area contributed by atoms with Crippen molar-refractivity contribution in [2.75, 3.05) is 26.6 Å². The quantitative estimate of drug-likeness (QED) is 0.895. The van der Waals surface area contributed by atoms with Gasteiger partial charge in [0.1, 0.15) is 17.6 Å². The number of carbonyl (C=O) groups excluding carboxylic acids is 1. The van der Waals surface area contributed by atoms with E-state index in [1.54, 1.807) is 19.1 Å². The van der Waals surface area contributed by atoms with Gasteiger partial charge in [0, 0.05) is 19.2 Å². The van der Waals surface area contributed by atoms with Gasteiger partial charge < -0.3 is 19.5 Å². The number of nitrogens with one attached hydrogen (secondary N) is 1. The number of halogens is 1. The molecule has 6 heteroatoms. The van der Waals surface area contributed by atoms with E-state index in [0.717, 1.165) is 0 Å². The lowest BCUT2D eigenvalue weighted by atomic mass is 10.2. The number of carbonyl (C=O) groups is 1. The summed E-state index contributed by atoms with van der Waals surface area (Å²) in [5.74, 6) is 0.635. The smallest absolute Gasteiger partial charge is 0.253 e. The fourth-order valence-electron chi connectivity index (χ4n) is 1.30. The molecule has 1 rings (SSSR count). The van der Waals surface area contributed by atoms with Crippen LogP contribution in [0.4, 0.5) is 5.69 Å². The number of methoxy groups -OCH3 is 3. The summed E-state index contributed by atoms with van der Waals surface area (Å²) >= 11 is 5.96. The van der Waals surface area contributed by atoms with Crippen molar-refractivity contribution in [2.24, 2.45) is 0 Å². The van der Waals surface area contributed by atoms with E-state index >= 15 is 0 Å². The van der Waals surface area contributed by atoms with Crippen molar-refractivity contribution in [1.29, 1.82) is 0 Å². The van der Waals surface area contributed by atoms with Gasteiger partial charge in [0.05, 0.1) is 24.9 Å². The number of anilines is 1. The molecule has 0 saturated carbocycles.